The molecule has 1 heteroatoms. The van der Waals surface area contributed by atoms with Gasteiger partial charge in [0, 0.05) is 11.1 Å². The topological polar surface area (TPSA) is 20.2 Å². The zero-order valence-corrected chi connectivity index (χ0v) is 12.4. The third-order valence-corrected chi connectivity index (χ3v) is 3.58. The van der Waals surface area contributed by atoms with Gasteiger partial charge in [-0.15, -0.1) is 5.73 Å². The molecule has 0 heterocycles. The van der Waals surface area contributed by atoms with Crippen LogP contribution in [0.1, 0.15) is 23.6 Å². The molecule has 1 N–H and O–H groups in total. The van der Waals surface area contributed by atoms with E-state index in [2.05, 4.69) is 17.6 Å². The van der Waals surface area contributed by atoms with Crippen molar-refractivity contribution in [2.75, 3.05) is 0 Å². The van der Waals surface area contributed by atoms with Gasteiger partial charge < -0.3 is 5.11 Å². The second-order valence-corrected chi connectivity index (χ2v) is 5.35. The van der Waals surface area contributed by atoms with E-state index in [0.717, 1.165) is 22.3 Å². The predicted octanol–water partition coefficient (Wildman–Crippen LogP) is 4.05. The van der Waals surface area contributed by atoms with Gasteiger partial charge in [0.1, 0.15) is 5.60 Å². The molecule has 0 fully saturated rings. The highest BCUT2D eigenvalue weighted by Crippen LogP contribution is 2.24. The van der Waals surface area contributed by atoms with Crippen LogP contribution in [0.3, 0.4) is 0 Å². The van der Waals surface area contributed by atoms with Crippen LogP contribution in [0.2, 0.25) is 0 Å². The summed E-state index contributed by atoms with van der Waals surface area (Å²) in [4.78, 5) is 0. The van der Waals surface area contributed by atoms with Crippen molar-refractivity contribution < 1.29 is 5.11 Å². The Morgan fingerprint density at radius 2 is 1.73 bits per heavy atom. The SMILES string of the molecule is CC(O)(C#Cc1ccccc1)c1ccc(C2=C=CC=C2)cc1. The van der Waals surface area contributed by atoms with Gasteiger partial charge in [-0.1, -0.05) is 60.4 Å². The van der Waals surface area contributed by atoms with Crippen molar-refractivity contribution in [3.63, 3.8) is 0 Å². The summed E-state index contributed by atoms with van der Waals surface area (Å²) in [6, 6.07) is 17.5. The first-order valence-electron chi connectivity index (χ1n) is 7.20. The molecule has 3 rings (SSSR count). The van der Waals surface area contributed by atoms with Crippen molar-refractivity contribution in [2.24, 2.45) is 0 Å². The largest absolute Gasteiger partial charge is 0.374 e. The number of rotatable bonds is 2. The van der Waals surface area contributed by atoms with Crippen molar-refractivity contribution in [1.82, 2.24) is 0 Å². The highest BCUT2D eigenvalue weighted by molar-refractivity contribution is 5.76. The number of allylic oxidation sites excluding steroid dienone is 3. The van der Waals surface area contributed by atoms with E-state index >= 15 is 0 Å². The van der Waals surface area contributed by atoms with E-state index < -0.39 is 5.60 Å². The second kappa shape index (κ2) is 5.92. The quantitative estimate of drug-likeness (QED) is 0.651. The first kappa shape index (κ1) is 14.2. The normalized spacial score (nSPS) is 14.9. The molecule has 0 aromatic heterocycles. The molecule has 0 saturated carbocycles. The standard InChI is InChI=1S/C21H16O/c1-21(22,16-15-17-7-3-2-4-8-17)20-13-11-19(12-14-20)18-9-5-6-10-18/h2-9,11-14,22H,1H3. The van der Waals surface area contributed by atoms with E-state index in [0.29, 0.717) is 0 Å². The molecule has 2 aromatic carbocycles. The van der Waals surface area contributed by atoms with Crippen molar-refractivity contribution in [3.8, 4) is 11.8 Å². The minimum Gasteiger partial charge on any atom is -0.374 e. The lowest BCUT2D eigenvalue weighted by Gasteiger charge is -2.17. The van der Waals surface area contributed by atoms with Crippen LogP contribution in [0.4, 0.5) is 0 Å². The van der Waals surface area contributed by atoms with Crippen LogP contribution in [0.25, 0.3) is 5.57 Å². The maximum Gasteiger partial charge on any atom is 0.148 e. The van der Waals surface area contributed by atoms with Crippen molar-refractivity contribution in [1.29, 1.82) is 0 Å². The van der Waals surface area contributed by atoms with E-state index in [1.54, 1.807) is 6.92 Å². The third kappa shape index (κ3) is 3.10. The summed E-state index contributed by atoms with van der Waals surface area (Å²) < 4.78 is 0. The van der Waals surface area contributed by atoms with E-state index in [4.69, 9.17) is 0 Å². The maximum atomic E-state index is 10.6. The van der Waals surface area contributed by atoms with Crippen molar-refractivity contribution >= 4 is 5.57 Å². The monoisotopic (exact) mass is 284 g/mol. The van der Waals surface area contributed by atoms with Gasteiger partial charge in [-0.25, -0.2) is 0 Å². The molecule has 1 unspecified atom stereocenters. The first-order valence-corrected chi connectivity index (χ1v) is 7.20. The van der Waals surface area contributed by atoms with E-state index in [-0.39, 0.29) is 0 Å². The Bertz CT molecular complexity index is 819. The van der Waals surface area contributed by atoms with Crippen molar-refractivity contribution in [3.05, 3.63) is 95.2 Å². The Morgan fingerprint density at radius 1 is 1.00 bits per heavy atom. The Labute approximate surface area is 130 Å². The highest BCUT2D eigenvalue weighted by atomic mass is 16.3. The van der Waals surface area contributed by atoms with Gasteiger partial charge in [0.05, 0.1) is 0 Å². The number of hydrogen-bond acceptors (Lipinski definition) is 1. The second-order valence-electron chi connectivity index (χ2n) is 5.35. The summed E-state index contributed by atoms with van der Waals surface area (Å²) in [6.45, 7) is 1.71. The Morgan fingerprint density at radius 3 is 2.36 bits per heavy atom. The van der Waals surface area contributed by atoms with Crippen LogP contribution in [0.15, 0.2) is 78.6 Å². The fourth-order valence-corrected chi connectivity index (χ4v) is 2.27. The smallest absolute Gasteiger partial charge is 0.148 e. The van der Waals surface area contributed by atoms with Crippen molar-refractivity contribution in [2.45, 2.75) is 12.5 Å². The first-order chi connectivity index (χ1) is 10.6. The molecule has 1 nitrogen and oxygen atoms in total. The van der Waals surface area contributed by atoms with Crippen LogP contribution in [-0.2, 0) is 5.60 Å². The lowest BCUT2D eigenvalue weighted by atomic mass is 9.94. The molecule has 0 aliphatic heterocycles. The summed E-state index contributed by atoms with van der Waals surface area (Å²) >= 11 is 0. The van der Waals surface area contributed by atoms with Gasteiger partial charge >= 0.3 is 0 Å². The maximum absolute atomic E-state index is 10.6. The van der Waals surface area contributed by atoms with Crippen LogP contribution >= 0.6 is 0 Å². The highest BCUT2D eigenvalue weighted by Gasteiger charge is 2.19. The van der Waals surface area contributed by atoms with Gasteiger partial charge in [0.15, 0.2) is 0 Å². The molecule has 1 atom stereocenters. The summed E-state index contributed by atoms with van der Waals surface area (Å²) in [5.74, 6) is 5.96. The van der Waals surface area contributed by atoms with Crippen LogP contribution in [0, 0.1) is 11.8 Å². The summed E-state index contributed by atoms with van der Waals surface area (Å²) in [5, 5.41) is 10.6. The Kier molecular flexibility index (Phi) is 3.81. The predicted molar refractivity (Wildman–Crippen MR) is 90.0 cm³/mol. The lowest BCUT2D eigenvalue weighted by molar-refractivity contribution is 0.122. The van der Waals surface area contributed by atoms with Crippen LogP contribution < -0.4 is 0 Å². The molecule has 1 aliphatic rings. The molecular weight excluding hydrogens is 268 g/mol. The van der Waals surface area contributed by atoms with E-state index in [1.165, 1.54) is 0 Å². The average Bonchev–Trinajstić information content (AvgIpc) is 3.09. The molecule has 0 amide bonds. The van der Waals surface area contributed by atoms with Crippen LogP contribution in [0.5, 0.6) is 0 Å². The molecule has 0 saturated heterocycles. The fraction of sp³-hybridized carbons (Fsp3) is 0.0952. The van der Waals surface area contributed by atoms with Gasteiger partial charge in [-0.05, 0) is 42.3 Å². The zero-order valence-electron chi connectivity index (χ0n) is 12.4. The molecule has 106 valence electrons. The number of hydrogen-bond donors (Lipinski definition) is 1. The minimum atomic E-state index is -1.18. The molecule has 0 radical (unpaired) electrons. The van der Waals surface area contributed by atoms with E-state index in [9.17, 15) is 5.11 Å². The molecule has 0 spiro atoms. The summed E-state index contributed by atoms with van der Waals surface area (Å²) in [6.07, 6.45) is 5.87. The van der Waals surface area contributed by atoms with Crippen LogP contribution in [-0.4, -0.2) is 5.11 Å². The lowest BCUT2D eigenvalue weighted by Crippen LogP contribution is -2.18. The molecular formula is C21H16O. The average molecular weight is 284 g/mol. The summed E-state index contributed by atoms with van der Waals surface area (Å²) in [5.41, 5.74) is 5.81. The fourth-order valence-electron chi connectivity index (χ4n) is 2.27. The van der Waals surface area contributed by atoms with Gasteiger partial charge in [-0.2, -0.15) is 0 Å². The van der Waals surface area contributed by atoms with Gasteiger partial charge in [0.2, 0.25) is 0 Å². The Balaban J connectivity index is 1.85. The molecule has 22 heavy (non-hydrogen) atoms. The number of aliphatic hydroxyl groups is 1. The molecule has 0 bridgehead atoms. The van der Waals surface area contributed by atoms with Gasteiger partial charge in [0.25, 0.3) is 0 Å². The molecule has 2 aromatic rings. The minimum absolute atomic E-state index is 0.784. The zero-order chi connectivity index (χ0) is 15.4. The van der Waals surface area contributed by atoms with E-state index in [1.807, 2.05) is 72.8 Å². The van der Waals surface area contributed by atoms with Gasteiger partial charge in [-0.3, -0.25) is 0 Å². The third-order valence-electron chi connectivity index (χ3n) is 3.58. The Hall–Kier alpha value is -2.78. The molecule has 1 aliphatic carbocycles. The summed E-state index contributed by atoms with van der Waals surface area (Å²) in [7, 11) is 0. The number of benzene rings is 2.